The predicted molar refractivity (Wildman–Crippen MR) is 148 cm³/mol. The first kappa shape index (κ1) is 28.9. The number of halogens is 1. The van der Waals surface area contributed by atoms with Gasteiger partial charge in [-0.1, -0.05) is 55.5 Å². The van der Waals surface area contributed by atoms with Crippen molar-refractivity contribution in [3.8, 4) is 11.3 Å². The highest BCUT2D eigenvalue weighted by Crippen LogP contribution is 2.35. The summed E-state index contributed by atoms with van der Waals surface area (Å²) in [5.41, 5.74) is 3.28. The number of furan rings is 1. The number of carboxylic acid groups (broad SMARTS) is 2. The molecule has 1 aliphatic carbocycles. The Morgan fingerprint density at radius 3 is 2.38 bits per heavy atom. The number of pyridine rings is 1. The van der Waals surface area contributed by atoms with Gasteiger partial charge in [-0.25, -0.2) is 18.2 Å². The maximum absolute atomic E-state index is 12.7. The van der Waals surface area contributed by atoms with Gasteiger partial charge in [-0.05, 0) is 47.9 Å². The minimum Gasteiger partial charge on any atom is -0.450 e. The molecule has 1 amide bonds. The number of thiol groups is 1. The number of carbonyl (C=O) groups is 2. The molecule has 0 unspecified atom stereocenters. The molecular formula is C25H30IN3O7S. The van der Waals surface area contributed by atoms with Crippen LogP contribution in [0.25, 0.3) is 22.4 Å². The van der Waals surface area contributed by atoms with E-state index in [0.29, 0.717) is 40.6 Å². The summed E-state index contributed by atoms with van der Waals surface area (Å²) < 4.78 is 32.2. The number of hydrogen-bond acceptors (Lipinski definition) is 6. The molecule has 4 rings (SSSR count). The van der Waals surface area contributed by atoms with Gasteiger partial charge in [0, 0.05) is 22.7 Å². The van der Waals surface area contributed by atoms with Crippen LogP contribution in [0.5, 0.6) is 0 Å². The monoisotopic (exact) mass is 643 g/mol. The second kappa shape index (κ2) is 13.2. The van der Waals surface area contributed by atoms with E-state index >= 15 is 0 Å². The Hall–Kier alpha value is -2.71. The van der Waals surface area contributed by atoms with Gasteiger partial charge in [0.05, 0.1) is 23.2 Å². The molecule has 0 spiro atoms. The molecule has 0 atom stereocenters. The molecule has 1 fully saturated rings. The summed E-state index contributed by atoms with van der Waals surface area (Å²) in [6.07, 6.45) is 3.88. The van der Waals surface area contributed by atoms with Gasteiger partial charge in [0.25, 0.3) is 5.91 Å². The molecule has 1 aromatic carbocycles. The topological polar surface area (TPSA) is 150 Å². The molecule has 2 aromatic heterocycles. The first-order valence-corrected chi connectivity index (χ1v) is 14.0. The molecule has 200 valence electrons. The van der Waals surface area contributed by atoms with Gasteiger partial charge < -0.3 is 19.9 Å². The molecule has 2 heterocycles. The molecule has 0 radical (unpaired) electrons. The van der Waals surface area contributed by atoms with Gasteiger partial charge in [0.1, 0.15) is 5.76 Å². The number of amides is 1. The van der Waals surface area contributed by atoms with Crippen molar-refractivity contribution in [3.05, 3.63) is 50.7 Å². The van der Waals surface area contributed by atoms with E-state index in [4.69, 9.17) is 19.4 Å². The summed E-state index contributed by atoms with van der Waals surface area (Å²) in [6.45, 7) is 2.68. The molecule has 12 heteroatoms. The van der Waals surface area contributed by atoms with E-state index in [-0.39, 0.29) is 12.5 Å². The second-order valence-electron chi connectivity index (χ2n) is 8.87. The van der Waals surface area contributed by atoms with Crippen molar-refractivity contribution in [3.63, 3.8) is 0 Å². The lowest BCUT2D eigenvalue weighted by molar-refractivity contribution is 0.0964. The van der Waals surface area contributed by atoms with Gasteiger partial charge in [-0.2, -0.15) is 4.31 Å². The summed E-state index contributed by atoms with van der Waals surface area (Å²) in [5.74, 6) is 0.808. The number of rotatable bonds is 8. The van der Waals surface area contributed by atoms with E-state index in [0.717, 1.165) is 21.1 Å². The van der Waals surface area contributed by atoms with Crippen LogP contribution in [-0.2, 0) is 17.4 Å². The number of nitrogens with zero attached hydrogens (tertiary/aromatic N) is 2. The lowest BCUT2D eigenvalue weighted by atomic mass is 10.0. The van der Waals surface area contributed by atoms with Gasteiger partial charge in [0.2, 0.25) is 16.6 Å². The van der Waals surface area contributed by atoms with Crippen molar-refractivity contribution in [2.24, 2.45) is 5.92 Å². The first-order chi connectivity index (χ1) is 17.6. The number of carbonyl (C=O) groups excluding carboxylic acids is 1. The third-order valence-electron chi connectivity index (χ3n) is 6.31. The van der Waals surface area contributed by atoms with Gasteiger partial charge >= 0.3 is 6.16 Å². The summed E-state index contributed by atoms with van der Waals surface area (Å²) in [7, 11) is -1.14. The van der Waals surface area contributed by atoms with Crippen molar-refractivity contribution in [2.45, 2.75) is 45.6 Å². The summed E-state index contributed by atoms with van der Waals surface area (Å²) in [4.78, 5) is 25.9. The molecule has 1 saturated carbocycles. The second-order valence-corrected chi connectivity index (χ2v) is 11.1. The van der Waals surface area contributed by atoms with Crippen molar-refractivity contribution < 1.29 is 32.6 Å². The Morgan fingerprint density at radius 1 is 1.19 bits per heavy atom. The third kappa shape index (κ3) is 7.65. The van der Waals surface area contributed by atoms with Crippen LogP contribution in [0.2, 0.25) is 0 Å². The molecule has 0 bridgehead atoms. The fourth-order valence-electron chi connectivity index (χ4n) is 4.43. The maximum Gasteiger partial charge on any atom is 0.503 e. The Morgan fingerprint density at radius 2 is 1.81 bits per heavy atom. The van der Waals surface area contributed by atoms with Crippen LogP contribution in [0, 0.1) is 16.4 Å². The van der Waals surface area contributed by atoms with Crippen LogP contribution in [0.15, 0.2) is 34.7 Å². The largest absolute Gasteiger partial charge is 0.503 e. The number of fused-ring (bicyclic) bond motifs is 1. The van der Waals surface area contributed by atoms with Crippen LogP contribution < -0.4 is 5.32 Å². The number of nitrogens with one attached hydrogen (secondary N) is 1. The SMILES string of the molecule is CNC(=O)c1c(-c2ccc(C)cc2)oc2nc(CN(CCC3CCCC3)[SH](=O)=O)c(I)cc12.O=C(O)O. The molecule has 0 aliphatic heterocycles. The molecule has 1 aliphatic rings. The lowest BCUT2D eigenvalue weighted by Crippen LogP contribution is -2.25. The lowest BCUT2D eigenvalue weighted by Gasteiger charge is -2.18. The Kier molecular flexibility index (Phi) is 10.3. The molecule has 37 heavy (non-hydrogen) atoms. The van der Waals surface area contributed by atoms with Crippen molar-refractivity contribution in [1.29, 1.82) is 0 Å². The van der Waals surface area contributed by atoms with E-state index in [1.807, 2.05) is 37.3 Å². The first-order valence-electron chi connectivity index (χ1n) is 11.8. The Balaban J connectivity index is 0.000000886. The molecule has 3 N–H and O–H groups in total. The molecule has 3 aromatic rings. The standard InChI is InChI=1S/C24H28IN3O4S.CH2O3/c1-15-7-9-17(10-8-15)22-21(23(29)26-2)18-13-19(25)20(27-24(18)32-22)14-28(33(30)31)12-11-16-5-3-4-6-16;2-1(3)4/h7-10,13,16,33H,3-6,11-12,14H2,1-2H3,(H,26,29);(H2,2,3,4). The fraction of sp³-hybridized carbons (Fsp3) is 0.400. The van der Waals surface area contributed by atoms with E-state index < -0.39 is 17.0 Å². The predicted octanol–water partition coefficient (Wildman–Crippen LogP) is 4.90. The average molecular weight is 644 g/mol. The van der Waals surface area contributed by atoms with Crippen molar-refractivity contribution in [2.75, 3.05) is 13.6 Å². The zero-order chi connectivity index (χ0) is 27.1. The minimum absolute atomic E-state index is 0.190. The van der Waals surface area contributed by atoms with Crippen LogP contribution in [0.3, 0.4) is 0 Å². The van der Waals surface area contributed by atoms with Gasteiger partial charge in [-0.15, -0.1) is 0 Å². The zero-order valence-corrected chi connectivity index (χ0v) is 23.6. The van der Waals surface area contributed by atoms with Crippen LogP contribution in [-0.4, -0.2) is 53.6 Å². The molecular weight excluding hydrogens is 613 g/mol. The van der Waals surface area contributed by atoms with E-state index in [1.54, 1.807) is 7.05 Å². The van der Waals surface area contributed by atoms with Crippen molar-refractivity contribution in [1.82, 2.24) is 14.6 Å². The molecule has 0 saturated heterocycles. The number of hydrogen-bond donors (Lipinski definition) is 4. The van der Waals surface area contributed by atoms with E-state index in [2.05, 4.69) is 32.9 Å². The van der Waals surface area contributed by atoms with Crippen LogP contribution in [0.4, 0.5) is 4.79 Å². The maximum atomic E-state index is 12.7. The summed E-state index contributed by atoms with van der Waals surface area (Å²) >= 11 is 2.15. The quantitative estimate of drug-likeness (QED) is 0.200. The van der Waals surface area contributed by atoms with Crippen LogP contribution in [0.1, 0.15) is 53.7 Å². The fourth-order valence-corrected chi connectivity index (χ4v) is 5.56. The number of benzene rings is 1. The smallest absolute Gasteiger partial charge is 0.450 e. The average Bonchev–Trinajstić information content (AvgIpc) is 3.49. The number of aryl methyl sites for hydroxylation is 1. The van der Waals surface area contributed by atoms with Gasteiger partial charge in [0.15, 0.2) is 0 Å². The summed E-state index contributed by atoms with van der Waals surface area (Å²) in [6, 6.07) is 9.62. The van der Waals surface area contributed by atoms with E-state index in [1.165, 1.54) is 30.0 Å². The highest BCUT2D eigenvalue weighted by molar-refractivity contribution is 14.1. The third-order valence-corrected chi connectivity index (χ3v) is 8.05. The van der Waals surface area contributed by atoms with Crippen molar-refractivity contribution >= 4 is 56.6 Å². The zero-order valence-electron chi connectivity index (χ0n) is 20.6. The highest BCUT2D eigenvalue weighted by Gasteiger charge is 2.25. The minimum atomic E-state index is -2.72. The Labute approximate surface area is 230 Å². The number of aromatic nitrogens is 1. The molecule has 10 nitrogen and oxygen atoms in total. The highest BCUT2D eigenvalue weighted by atomic mass is 127. The normalized spacial score (nSPS) is 13.6. The summed E-state index contributed by atoms with van der Waals surface area (Å²) in [5, 5.41) is 17.2. The Bertz CT molecular complexity index is 1320. The van der Waals surface area contributed by atoms with Crippen LogP contribution >= 0.6 is 22.6 Å². The van der Waals surface area contributed by atoms with Gasteiger partial charge in [-0.3, -0.25) is 4.79 Å². The van der Waals surface area contributed by atoms with E-state index in [9.17, 15) is 13.2 Å².